The molecule has 1 aliphatic heterocycles. The number of nitrogens with one attached hydrogen (secondary N) is 1. The minimum atomic E-state index is -3.96. The minimum Gasteiger partial charge on any atom is -0.325 e. The van der Waals surface area contributed by atoms with Crippen LogP contribution < -0.4 is 5.32 Å². The summed E-state index contributed by atoms with van der Waals surface area (Å²) < 4.78 is 55.2. The fraction of sp³-hybridized carbons (Fsp3) is 0.435. The number of amides is 1. The fourth-order valence-corrected chi connectivity index (χ4v) is 7.31. The van der Waals surface area contributed by atoms with E-state index in [-0.39, 0.29) is 22.4 Å². The van der Waals surface area contributed by atoms with Crippen molar-refractivity contribution in [2.45, 2.75) is 48.4 Å². The van der Waals surface area contributed by atoms with Gasteiger partial charge in [-0.25, -0.2) is 16.8 Å². The van der Waals surface area contributed by atoms with Crippen LogP contribution in [0.25, 0.3) is 0 Å². The van der Waals surface area contributed by atoms with Crippen LogP contribution in [0.1, 0.15) is 32.6 Å². The van der Waals surface area contributed by atoms with Gasteiger partial charge in [0.2, 0.25) is 26.0 Å². The van der Waals surface area contributed by atoms with Gasteiger partial charge in [-0.05, 0) is 68.0 Å². The zero-order valence-electron chi connectivity index (χ0n) is 18.6. The lowest BCUT2D eigenvalue weighted by molar-refractivity contribution is -0.116. The van der Waals surface area contributed by atoms with E-state index in [0.29, 0.717) is 37.5 Å². The van der Waals surface area contributed by atoms with Gasteiger partial charge in [0.25, 0.3) is 0 Å². The molecule has 0 aromatic heterocycles. The van der Waals surface area contributed by atoms with Crippen LogP contribution in [0.15, 0.2) is 64.4 Å². The van der Waals surface area contributed by atoms with Crippen molar-refractivity contribution in [2.75, 3.05) is 25.0 Å². The zero-order valence-corrected chi connectivity index (χ0v) is 20.2. The Balaban J connectivity index is 1.51. The average Bonchev–Trinajstić information content (AvgIpc) is 3.63. The van der Waals surface area contributed by atoms with Crippen LogP contribution in [-0.4, -0.2) is 57.0 Å². The van der Waals surface area contributed by atoms with Gasteiger partial charge >= 0.3 is 0 Å². The molecular formula is C23H29N3O5S2. The van der Waals surface area contributed by atoms with Gasteiger partial charge in [0, 0.05) is 24.8 Å². The SMILES string of the molecule is C[C@@H]1CCCN(S(=O)(=O)c2ccc(S(=O)(=O)N(CC(=O)Nc3ccccc3)C3CC3)cc2)C1. The number of benzene rings is 2. The maximum atomic E-state index is 13.3. The number of carbonyl (C=O) groups is 1. The van der Waals surface area contributed by atoms with Gasteiger partial charge in [0.15, 0.2) is 0 Å². The predicted molar refractivity (Wildman–Crippen MR) is 126 cm³/mol. The fourth-order valence-electron chi connectivity index (χ4n) is 4.07. The number of anilines is 1. The number of nitrogens with zero attached hydrogens (tertiary/aromatic N) is 2. The van der Waals surface area contributed by atoms with E-state index in [1.54, 1.807) is 24.3 Å². The van der Waals surface area contributed by atoms with Crippen molar-refractivity contribution in [1.29, 1.82) is 0 Å². The van der Waals surface area contributed by atoms with Gasteiger partial charge in [0.1, 0.15) is 0 Å². The molecule has 1 saturated heterocycles. The topological polar surface area (TPSA) is 104 Å². The first-order chi connectivity index (χ1) is 15.7. The molecule has 2 aromatic carbocycles. The van der Waals surface area contributed by atoms with Crippen LogP contribution >= 0.6 is 0 Å². The summed E-state index contributed by atoms with van der Waals surface area (Å²) in [5, 5.41) is 2.72. The molecule has 0 radical (unpaired) electrons. The van der Waals surface area contributed by atoms with Crippen molar-refractivity contribution in [3.63, 3.8) is 0 Å². The van der Waals surface area contributed by atoms with E-state index < -0.39 is 26.0 Å². The molecule has 10 heteroatoms. The van der Waals surface area contributed by atoms with E-state index in [9.17, 15) is 21.6 Å². The standard InChI is InChI=1S/C23H29N3O5S2/c1-18-6-5-15-25(16-18)32(28,29)21-11-13-22(14-12-21)33(30,31)26(20-9-10-20)17-23(27)24-19-7-3-2-4-8-19/h2-4,7-8,11-14,18,20H,5-6,9-10,15-17H2,1H3,(H,24,27)/t18-/m1/s1. The van der Waals surface area contributed by atoms with Crippen molar-refractivity contribution in [2.24, 2.45) is 5.92 Å². The molecule has 1 amide bonds. The van der Waals surface area contributed by atoms with E-state index in [0.717, 1.165) is 12.8 Å². The van der Waals surface area contributed by atoms with Crippen molar-refractivity contribution in [3.05, 3.63) is 54.6 Å². The number of rotatable bonds is 8. The lowest BCUT2D eigenvalue weighted by Gasteiger charge is -2.30. The van der Waals surface area contributed by atoms with Crippen LogP contribution in [0.3, 0.4) is 0 Å². The number of para-hydroxylation sites is 1. The Labute approximate surface area is 195 Å². The number of piperidine rings is 1. The van der Waals surface area contributed by atoms with E-state index in [1.807, 2.05) is 13.0 Å². The minimum absolute atomic E-state index is 0.0205. The second-order valence-corrected chi connectivity index (χ2v) is 12.6. The van der Waals surface area contributed by atoms with Crippen molar-refractivity contribution < 1.29 is 21.6 Å². The first-order valence-electron chi connectivity index (χ1n) is 11.1. The van der Waals surface area contributed by atoms with Crippen LogP contribution in [0.4, 0.5) is 5.69 Å². The average molecular weight is 492 g/mol. The Morgan fingerprint density at radius 1 is 0.970 bits per heavy atom. The summed E-state index contributed by atoms with van der Waals surface area (Å²) in [6, 6.07) is 14.0. The van der Waals surface area contributed by atoms with Crippen molar-refractivity contribution in [1.82, 2.24) is 8.61 Å². The Morgan fingerprint density at radius 2 is 1.61 bits per heavy atom. The van der Waals surface area contributed by atoms with Gasteiger partial charge in [-0.15, -0.1) is 0 Å². The molecule has 2 aliphatic rings. The summed E-state index contributed by atoms with van der Waals surface area (Å²) in [6.07, 6.45) is 3.20. The van der Waals surface area contributed by atoms with Gasteiger partial charge < -0.3 is 5.32 Å². The second-order valence-electron chi connectivity index (χ2n) is 8.78. The lowest BCUT2D eigenvalue weighted by atomic mass is 10.0. The van der Waals surface area contributed by atoms with Gasteiger partial charge in [0.05, 0.1) is 16.3 Å². The maximum Gasteiger partial charge on any atom is 0.243 e. The number of hydrogen-bond acceptors (Lipinski definition) is 5. The van der Waals surface area contributed by atoms with Crippen LogP contribution in [0, 0.1) is 5.92 Å². The Hall–Kier alpha value is -2.27. The number of carbonyl (C=O) groups excluding carboxylic acids is 1. The van der Waals surface area contributed by atoms with Crippen LogP contribution in [-0.2, 0) is 24.8 Å². The molecule has 1 N–H and O–H groups in total. The summed E-state index contributed by atoms with van der Waals surface area (Å²) in [4.78, 5) is 12.6. The van der Waals surface area contributed by atoms with E-state index in [1.165, 1.54) is 32.9 Å². The zero-order chi connectivity index (χ0) is 23.6. The Morgan fingerprint density at radius 3 is 2.21 bits per heavy atom. The molecule has 1 aliphatic carbocycles. The van der Waals surface area contributed by atoms with Crippen molar-refractivity contribution >= 4 is 31.6 Å². The molecule has 2 fully saturated rings. The number of sulfonamides is 2. The van der Waals surface area contributed by atoms with Crippen LogP contribution in [0.2, 0.25) is 0 Å². The summed E-state index contributed by atoms with van der Waals surface area (Å²) >= 11 is 0. The lowest BCUT2D eigenvalue weighted by Crippen LogP contribution is -2.40. The first-order valence-corrected chi connectivity index (χ1v) is 14.0. The number of hydrogen-bond donors (Lipinski definition) is 1. The molecule has 1 atom stereocenters. The molecule has 178 valence electrons. The summed E-state index contributed by atoms with van der Waals surface area (Å²) in [5.41, 5.74) is 0.595. The van der Waals surface area contributed by atoms with Gasteiger partial charge in [-0.2, -0.15) is 8.61 Å². The highest BCUT2D eigenvalue weighted by Crippen LogP contribution is 2.32. The predicted octanol–water partition coefficient (Wildman–Crippen LogP) is 2.90. The quantitative estimate of drug-likeness (QED) is 0.612. The van der Waals surface area contributed by atoms with E-state index >= 15 is 0 Å². The highest BCUT2D eigenvalue weighted by molar-refractivity contribution is 7.89. The normalized spacial score (nSPS) is 20.0. The molecular weight excluding hydrogens is 462 g/mol. The molecule has 4 rings (SSSR count). The smallest absolute Gasteiger partial charge is 0.243 e. The molecule has 2 aromatic rings. The third-order valence-corrected chi connectivity index (χ3v) is 9.79. The highest BCUT2D eigenvalue weighted by atomic mass is 32.2. The van der Waals surface area contributed by atoms with E-state index in [4.69, 9.17) is 0 Å². The third-order valence-electron chi connectivity index (χ3n) is 6.00. The molecule has 33 heavy (non-hydrogen) atoms. The third kappa shape index (κ3) is 5.46. The monoisotopic (exact) mass is 491 g/mol. The molecule has 1 saturated carbocycles. The summed E-state index contributed by atoms with van der Waals surface area (Å²) in [5.74, 6) is -0.127. The Kier molecular flexibility index (Phi) is 6.90. The molecule has 8 nitrogen and oxygen atoms in total. The Bertz CT molecular complexity index is 1190. The largest absolute Gasteiger partial charge is 0.325 e. The molecule has 0 unspecified atom stereocenters. The van der Waals surface area contributed by atoms with Crippen molar-refractivity contribution in [3.8, 4) is 0 Å². The highest BCUT2D eigenvalue weighted by Gasteiger charge is 2.39. The van der Waals surface area contributed by atoms with E-state index in [2.05, 4.69) is 5.32 Å². The first kappa shape index (κ1) is 23.9. The molecule has 1 heterocycles. The summed E-state index contributed by atoms with van der Waals surface area (Å²) in [6.45, 7) is 2.67. The van der Waals surface area contributed by atoms with Gasteiger partial charge in [-0.3, -0.25) is 4.79 Å². The van der Waals surface area contributed by atoms with Crippen LogP contribution in [0.5, 0.6) is 0 Å². The summed E-state index contributed by atoms with van der Waals surface area (Å²) in [7, 11) is -7.63. The second kappa shape index (κ2) is 9.54. The maximum absolute atomic E-state index is 13.3. The molecule has 0 bridgehead atoms. The van der Waals surface area contributed by atoms with Gasteiger partial charge in [-0.1, -0.05) is 25.1 Å². The molecule has 0 spiro atoms.